The summed E-state index contributed by atoms with van der Waals surface area (Å²) in [5.41, 5.74) is 8.92. The van der Waals surface area contributed by atoms with E-state index in [1.54, 1.807) is 0 Å². The Bertz CT molecular complexity index is 437. The Kier molecular flexibility index (Phi) is 4.67. The van der Waals surface area contributed by atoms with Crippen LogP contribution in [0.15, 0.2) is 47.9 Å². The molecule has 0 heterocycles. The van der Waals surface area contributed by atoms with Crippen molar-refractivity contribution in [2.45, 2.75) is 32.1 Å². The molecule has 0 saturated carbocycles. The third-order valence-electron chi connectivity index (χ3n) is 2.84. The molecule has 17 heavy (non-hydrogen) atoms. The quantitative estimate of drug-likeness (QED) is 0.543. The average Bonchev–Trinajstić information content (AvgIpc) is 2.36. The molecular formula is C17H18. The molecule has 0 unspecified atom stereocenters. The summed E-state index contributed by atoms with van der Waals surface area (Å²) >= 11 is 0. The molecule has 1 aromatic carbocycles. The summed E-state index contributed by atoms with van der Waals surface area (Å²) in [5, 5.41) is 0. The molecule has 1 aliphatic rings. The van der Waals surface area contributed by atoms with E-state index >= 15 is 0 Å². The van der Waals surface area contributed by atoms with Crippen LogP contribution in [0.25, 0.3) is 12.2 Å². The van der Waals surface area contributed by atoms with Crippen LogP contribution in [0, 0.1) is 0 Å². The molecule has 0 spiro atoms. The Hall–Kier alpha value is -1.74. The maximum absolute atomic E-state index is 3.26. The summed E-state index contributed by atoms with van der Waals surface area (Å²) in [6.07, 6.45) is 14.5. The Morgan fingerprint density at radius 1 is 0.765 bits per heavy atom. The SMILES string of the molecule is C1=CCCCCCC=C=Cc2cccc(c2)C=1. The van der Waals surface area contributed by atoms with Gasteiger partial charge in [0.1, 0.15) is 0 Å². The van der Waals surface area contributed by atoms with Crippen molar-refractivity contribution in [1.82, 2.24) is 0 Å². The van der Waals surface area contributed by atoms with Gasteiger partial charge in [0.05, 0.1) is 0 Å². The first-order valence-electron chi connectivity index (χ1n) is 6.37. The molecule has 0 aliphatic heterocycles. The maximum Gasteiger partial charge on any atom is -0.0130 e. The standard InChI is InChI=1S/C17H18/c1-2-4-6-8-11-16-13-10-14-17(15-16)12-9-7-5-3-1/h6-7,10-15H,1-5H2. The number of hydrogen-bond acceptors (Lipinski definition) is 0. The van der Waals surface area contributed by atoms with Crippen LogP contribution in [0.1, 0.15) is 43.2 Å². The minimum Gasteiger partial charge on any atom is -0.125 e. The van der Waals surface area contributed by atoms with E-state index in [0.29, 0.717) is 0 Å². The van der Waals surface area contributed by atoms with Crippen LogP contribution in [-0.2, 0) is 0 Å². The molecule has 2 bridgehead atoms. The molecule has 0 radical (unpaired) electrons. The van der Waals surface area contributed by atoms with E-state index < -0.39 is 0 Å². The maximum atomic E-state index is 3.26. The van der Waals surface area contributed by atoms with E-state index in [9.17, 15) is 0 Å². The van der Waals surface area contributed by atoms with Gasteiger partial charge in [0.25, 0.3) is 0 Å². The second-order valence-electron chi connectivity index (χ2n) is 4.34. The van der Waals surface area contributed by atoms with Crippen molar-refractivity contribution in [2.24, 2.45) is 0 Å². The third kappa shape index (κ3) is 4.33. The lowest BCUT2D eigenvalue weighted by molar-refractivity contribution is 0.696. The molecule has 2 rings (SSSR count). The van der Waals surface area contributed by atoms with Crippen molar-refractivity contribution in [2.75, 3.05) is 0 Å². The Labute approximate surface area is 104 Å². The summed E-state index contributed by atoms with van der Waals surface area (Å²) in [5.74, 6) is 0. The third-order valence-corrected chi connectivity index (χ3v) is 2.84. The zero-order valence-electron chi connectivity index (χ0n) is 10.2. The molecule has 0 nitrogen and oxygen atoms in total. The van der Waals surface area contributed by atoms with E-state index in [0.717, 1.165) is 12.8 Å². The van der Waals surface area contributed by atoms with Gasteiger partial charge in [0.2, 0.25) is 0 Å². The molecule has 0 heteroatoms. The van der Waals surface area contributed by atoms with E-state index in [1.807, 2.05) is 12.2 Å². The fourth-order valence-corrected chi connectivity index (χ4v) is 1.89. The first-order chi connectivity index (χ1) is 8.45. The predicted molar refractivity (Wildman–Crippen MR) is 74.6 cm³/mol. The van der Waals surface area contributed by atoms with Gasteiger partial charge in [-0.1, -0.05) is 24.6 Å². The van der Waals surface area contributed by atoms with Gasteiger partial charge in [0.15, 0.2) is 0 Å². The number of allylic oxidation sites excluding steroid dienone is 2. The lowest BCUT2D eigenvalue weighted by Crippen LogP contribution is -1.76. The summed E-state index contributed by atoms with van der Waals surface area (Å²) < 4.78 is 0. The molecule has 1 aromatic rings. The first-order valence-corrected chi connectivity index (χ1v) is 6.37. The summed E-state index contributed by atoms with van der Waals surface area (Å²) in [4.78, 5) is 0. The summed E-state index contributed by atoms with van der Waals surface area (Å²) in [6, 6.07) is 8.45. The Morgan fingerprint density at radius 2 is 1.35 bits per heavy atom. The minimum atomic E-state index is 1.13. The van der Waals surface area contributed by atoms with E-state index in [2.05, 4.69) is 47.9 Å². The molecule has 0 aromatic heterocycles. The van der Waals surface area contributed by atoms with Crippen LogP contribution < -0.4 is 0 Å². The molecule has 0 N–H and O–H groups in total. The second-order valence-corrected chi connectivity index (χ2v) is 4.34. The average molecular weight is 222 g/mol. The molecule has 0 saturated heterocycles. The van der Waals surface area contributed by atoms with Gasteiger partial charge in [-0.05, 0) is 67.2 Å². The minimum absolute atomic E-state index is 1.13. The van der Waals surface area contributed by atoms with Gasteiger partial charge >= 0.3 is 0 Å². The first kappa shape index (κ1) is 11.7. The highest BCUT2D eigenvalue weighted by Crippen LogP contribution is 2.09. The number of rotatable bonds is 0. The molecule has 1 aliphatic carbocycles. The number of hydrogen-bond donors (Lipinski definition) is 0. The van der Waals surface area contributed by atoms with Gasteiger partial charge < -0.3 is 0 Å². The molecule has 0 fully saturated rings. The fraction of sp³-hybridized carbons (Fsp3) is 0.294. The Balaban J connectivity index is 2.26. The van der Waals surface area contributed by atoms with Crippen LogP contribution in [0.5, 0.6) is 0 Å². The largest absolute Gasteiger partial charge is 0.125 e. The summed E-state index contributed by atoms with van der Waals surface area (Å²) in [6.45, 7) is 0. The van der Waals surface area contributed by atoms with Gasteiger partial charge in [-0.15, -0.1) is 11.5 Å². The van der Waals surface area contributed by atoms with Crippen LogP contribution in [0.3, 0.4) is 0 Å². The van der Waals surface area contributed by atoms with Crippen LogP contribution >= 0.6 is 0 Å². The number of fused-ring (bicyclic) bond motifs is 2. The lowest BCUT2D eigenvalue weighted by Gasteiger charge is -1.96. The van der Waals surface area contributed by atoms with Crippen LogP contribution in [0.4, 0.5) is 0 Å². The van der Waals surface area contributed by atoms with Crippen molar-refractivity contribution >= 4 is 12.2 Å². The predicted octanol–water partition coefficient (Wildman–Crippen LogP) is 4.99. The van der Waals surface area contributed by atoms with Crippen molar-refractivity contribution < 1.29 is 0 Å². The van der Waals surface area contributed by atoms with Gasteiger partial charge in [-0.2, -0.15) is 0 Å². The fourth-order valence-electron chi connectivity index (χ4n) is 1.89. The number of benzene rings is 1. The topological polar surface area (TPSA) is 0 Å². The molecule has 0 atom stereocenters. The lowest BCUT2D eigenvalue weighted by atomic mass is 10.1. The zero-order valence-corrected chi connectivity index (χ0v) is 10.2. The highest BCUT2D eigenvalue weighted by molar-refractivity contribution is 5.57. The second kappa shape index (κ2) is 6.76. The highest BCUT2D eigenvalue weighted by atomic mass is 13.9. The van der Waals surface area contributed by atoms with Crippen LogP contribution in [-0.4, -0.2) is 0 Å². The van der Waals surface area contributed by atoms with Gasteiger partial charge in [-0.25, -0.2) is 0 Å². The highest BCUT2D eigenvalue weighted by Gasteiger charge is 1.89. The van der Waals surface area contributed by atoms with Crippen LogP contribution in [0.2, 0.25) is 0 Å². The monoisotopic (exact) mass is 222 g/mol. The van der Waals surface area contributed by atoms with Crippen molar-refractivity contribution in [3.05, 3.63) is 59.0 Å². The normalized spacial score (nSPS) is 15.8. The van der Waals surface area contributed by atoms with E-state index in [4.69, 9.17) is 0 Å². The molecule has 0 amide bonds. The van der Waals surface area contributed by atoms with Gasteiger partial charge in [-0.3, -0.25) is 0 Å². The van der Waals surface area contributed by atoms with Crippen molar-refractivity contribution in [3.8, 4) is 0 Å². The van der Waals surface area contributed by atoms with E-state index in [-0.39, 0.29) is 0 Å². The molecule has 86 valence electrons. The Morgan fingerprint density at radius 3 is 1.94 bits per heavy atom. The van der Waals surface area contributed by atoms with Crippen molar-refractivity contribution in [1.29, 1.82) is 0 Å². The van der Waals surface area contributed by atoms with Gasteiger partial charge in [0, 0.05) is 0 Å². The molecular weight excluding hydrogens is 204 g/mol. The van der Waals surface area contributed by atoms with E-state index in [1.165, 1.54) is 30.4 Å². The smallest absolute Gasteiger partial charge is 0.0130 e. The van der Waals surface area contributed by atoms with Crippen molar-refractivity contribution in [3.63, 3.8) is 0 Å². The summed E-state index contributed by atoms with van der Waals surface area (Å²) in [7, 11) is 0. The zero-order chi connectivity index (χ0) is 11.8.